The quantitative estimate of drug-likeness (QED) is 0.251. The Morgan fingerprint density at radius 2 is 1.60 bits per heavy atom. The molecule has 2 atom stereocenters. The highest BCUT2D eigenvalue weighted by molar-refractivity contribution is 7.55. The molecular formula is C8H14O10P2. The van der Waals surface area contributed by atoms with E-state index >= 15 is 0 Å². The molecule has 0 heterocycles. The Morgan fingerprint density at radius 1 is 1.15 bits per heavy atom. The summed E-state index contributed by atoms with van der Waals surface area (Å²) in [6, 6.07) is 0. The summed E-state index contributed by atoms with van der Waals surface area (Å²) < 4.78 is 22.4. The van der Waals surface area contributed by atoms with Crippen LogP contribution in [0.4, 0.5) is 0 Å². The molecule has 0 aromatic carbocycles. The first-order valence-electron chi connectivity index (χ1n) is 4.97. The molecule has 0 aromatic rings. The second-order valence-corrected chi connectivity index (χ2v) is 7.77. The van der Waals surface area contributed by atoms with E-state index in [1.807, 2.05) is 0 Å². The fourth-order valence-corrected chi connectivity index (χ4v) is 3.55. The molecule has 12 heteroatoms. The zero-order valence-corrected chi connectivity index (χ0v) is 11.8. The van der Waals surface area contributed by atoms with Crippen LogP contribution < -0.4 is 0 Å². The molecule has 0 saturated carbocycles. The molecule has 20 heavy (non-hydrogen) atoms. The topological polar surface area (TPSA) is 190 Å². The summed E-state index contributed by atoms with van der Waals surface area (Å²) in [5.74, 6) is -4.12. The van der Waals surface area contributed by atoms with E-state index < -0.39 is 50.8 Å². The van der Waals surface area contributed by atoms with Crippen LogP contribution in [0.25, 0.3) is 0 Å². The Hall–Kier alpha value is -1.02. The fraction of sp³-hybridized carbons (Fsp3) is 0.500. The molecule has 6 N–H and O–H groups in total. The van der Waals surface area contributed by atoms with Gasteiger partial charge in [-0.15, -0.1) is 6.58 Å². The number of rotatable bonds is 8. The minimum Gasteiger partial charge on any atom is -0.481 e. The van der Waals surface area contributed by atoms with E-state index in [0.717, 1.165) is 6.08 Å². The fourth-order valence-electron chi connectivity index (χ4n) is 1.53. The molecule has 0 saturated heterocycles. The van der Waals surface area contributed by atoms with Crippen molar-refractivity contribution in [3.63, 3.8) is 0 Å². The van der Waals surface area contributed by atoms with Crippen LogP contribution in [0.2, 0.25) is 0 Å². The smallest absolute Gasteiger partial charge is 0.343 e. The van der Waals surface area contributed by atoms with E-state index in [9.17, 15) is 18.7 Å². The lowest BCUT2D eigenvalue weighted by Crippen LogP contribution is -2.43. The van der Waals surface area contributed by atoms with E-state index in [4.69, 9.17) is 29.8 Å². The summed E-state index contributed by atoms with van der Waals surface area (Å²) in [5.41, 5.74) is -2.55. The zero-order valence-electron chi connectivity index (χ0n) is 9.99. The predicted molar refractivity (Wildman–Crippen MR) is 65.3 cm³/mol. The van der Waals surface area contributed by atoms with E-state index in [1.165, 1.54) is 0 Å². The maximum atomic E-state index is 11.4. The lowest BCUT2D eigenvalue weighted by Gasteiger charge is -2.31. The number of hydrogen-bond donors (Lipinski definition) is 6. The van der Waals surface area contributed by atoms with Gasteiger partial charge in [-0.25, -0.2) is 0 Å². The first-order chi connectivity index (χ1) is 8.79. The zero-order chi connectivity index (χ0) is 16.4. The van der Waals surface area contributed by atoms with E-state index in [-0.39, 0.29) is 0 Å². The van der Waals surface area contributed by atoms with Crippen LogP contribution in [0.15, 0.2) is 12.7 Å². The van der Waals surface area contributed by atoms with Gasteiger partial charge in [-0.05, 0) is 6.42 Å². The Bertz CT molecular complexity index is 501. The van der Waals surface area contributed by atoms with Crippen LogP contribution >= 0.6 is 15.2 Å². The number of carbonyl (C=O) groups is 2. The van der Waals surface area contributed by atoms with Crippen LogP contribution in [-0.2, 0) is 18.7 Å². The molecule has 2 unspecified atom stereocenters. The third-order valence-electron chi connectivity index (χ3n) is 2.66. The van der Waals surface area contributed by atoms with E-state index in [2.05, 4.69) is 6.58 Å². The Kier molecular flexibility index (Phi) is 5.86. The number of carboxylic acid groups (broad SMARTS) is 2. The van der Waals surface area contributed by atoms with Gasteiger partial charge in [0.15, 0.2) is 10.8 Å². The summed E-state index contributed by atoms with van der Waals surface area (Å²) in [4.78, 5) is 58.1. The molecule has 0 aliphatic carbocycles. The maximum Gasteiger partial charge on any atom is 0.343 e. The second kappa shape index (κ2) is 6.17. The lowest BCUT2D eigenvalue weighted by molar-refractivity contribution is -0.141. The molecule has 0 aromatic heterocycles. The normalized spacial score (nSPS) is 17.0. The Balaban J connectivity index is 5.97. The largest absolute Gasteiger partial charge is 0.481 e. The molecule has 0 rings (SSSR count). The molecule has 0 aliphatic rings. The number of allylic oxidation sites excluding steroid dienone is 1. The molecular weight excluding hydrogens is 318 g/mol. The second-order valence-electron chi connectivity index (χ2n) is 4.02. The first-order valence-corrected chi connectivity index (χ1v) is 8.27. The van der Waals surface area contributed by atoms with Gasteiger partial charge in [0, 0.05) is 6.42 Å². The van der Waals surface area contributed by atoms with Crippen molar-refractivity contribution >= 4 is 27.1 Å². The van der Waals surface area contributed by atoms with Crippen molar-refractivity contribution in [3.8, 4) is 0 Å². The maximum absolute atomic E-state index is 11.4. The standard InChI is InChI=1S/C8H14O10P2/c1-2-3-8(7(11)12,20(16,17)18)4-5(6(9)10)19(13,14)15/h2,5H,1,3-4H2,(H,9,10)(H,11,12)(H2,13,14,15)(H2,16,17,18). The predicted octanol–water partition coefficient (Wildman–Crippen LogP) is -0.415. The summed E-state index contributed by atoms with van der Waals surface area (Å²) >= 11 is 0. The molecule has 0 spiro atoms. The molecule has 0 amide bonds. The molecule has 0 radical (unpaired) electrons. The average molecular weight is 332 g/mol. The van der Waals surface area contributed by atoms with E-state index in [0.29, 0.717) is 0 Å². The van der Waals surface area contributed by atoms with Crippen LogP contribution in [0.3, 0.4) is 0 Å². The molecule has 0 bridgehead atoms. The molecule has 0 aliphatic heterocycles. The van der Waals surface area contributed by atoms with Gasteiger partial charge in [0.1, 0.15) is 0 Å². The number of carboxylic acids is 2. The van der Waals surface area contributed by atoms with Crippen LogP contribution in [0, 0.1) is 0 Å². The monoisotopic (exact) mass is 332 g/mol. The van der Waals surface area contributed by atoms with Gasteiger partial charge < -0.3 is 29.8 Å². The van der Waals surface area contributed by atoms with Gasteiger partial charge >= 0.3 is 27.1 Å². The highest BCUT2D eigenvalue weighted by Gasteiger charge is 2.57. The van der Waals surface area contributed by atoms with Crippen LogP contribution in [-0.4, -0.2) is 52.5 Å². The molecule has 10 nitrogen and oxygen atoms in total. The first kappa shape index (κ1) is 19.0. The van der Waals surface area contributed by atoms with Crippen molar-refractivity contribution in [1.82, 2.24) is 0 Å². The summed E-state index contributed by atoms with van der Waals surface area (Å²) in [5, 5.41) is 14.8. The minimum absolute atomic E-state index is 0.825. The van der Waals surface area contributed by atoms with E-state index in [1.54, 1.807) is 0 Å². The van der Waals surface area contributed by atoms with Crippen molar-refractivity contribution in [2.75, 3.05) is 0 Å². The van der Waals surface area contributed by atoms with Crippen molar-refractivity contribution in [3.05, 3.63) is 12.7 Å². The Morgan fingerprint density at radius 3 is 1.80 bits per heavy atom. The van der Waals surface area contributed by atoms with Gasteiger partial charge in [0.2, 0.25) is 0 Å². The third-order valence-corrected chi connectivity index (χ3v) is 5.55. The summed E-state index contributed by atoms with van der Waals surface area (Å²) in [7, 11) is -10.7. The van der Waals surface area contributed by atoms with Crippen molar-refractivity contribution in [1.29, 1.82) is 0 Å². The van der Waals surface area contributed by atoms with Gasteiger partial charge in [-0.3, -0.25) is 18.7 Å². The van der Waals surface area contributed by atoms with Crippen molar-refractivity contribution in [2.45, 2.75) is 23.7 Å². The average Bonchev–Trinajstić information content (AvgIpc) is 2.19. The third kappa shape index (κ3) is 3.99. The summed E-state index contributed by atoms with van der Waals surface area (Å²) in [6.07, 6.45) is -1.46. The SMILES string of the molecule is C=CCC(CC(C(=O)O)P(=O)(O)O)(C(=O)O)P(=O)(O)O. The van der Waals surface area contributed by atoms with Gasteiger partial charge in [-0.1, -0.05) is 6.08 Å². The van der Waals surface area contributed by atoms with Crippen molar-refractivity contribution in [2.24, 2.45) is 0 Å². The molecule has 116 valence electrons. The van der Waals surface area contributed by atoms with Gasteiger partial charge in [-0.2, -0.15) is 0 Å². The van der Waals surface area contributed by atoms with Crippen LogP contribution in [0.1, 0.15) is 12.8 Å². The highest BCUT2D eigenvalue weighted by Crippen LogP contribution is 2.58. The van der Waals surface area contributed by atoms with Gasteiger partial charge in [0.25, 0.3) is 0 Å². The minimum atomic E-state index is -5.42. The summed E-state index contributed by atoms with van der Waals surface area (Å²) in [6.45, 7) is 3.11. The van der Waals surface area contributed by atoms with Crippen LogP contribution in [0.5, 0.6) is 0 Å². The van der Waals surface area contributed by atoms with Gasteiger partial charge in [0.05, 0.1) is 0 Å². The van der Waals surface area contributed by atoms with Crippen molar-refractivity contribution < 1.29 is 48.5 Å². The highest BCUT2D eigenvalue weighted by atomic mass is 31.2. The Labute approximate surface area is 113 Å². The number of aliphatic carboxylic acids is 2. The lowest BCUT2D eigenvalue weighted by atomic mass is 9.98. The number of hydrogen-bond acceptors (Lipinski definition) is 4. The molecule has 0 fully saturated rings.